The van der Waals surface area contributed by atoms with E-state index < -0.39 is 11.9 Å². The number of hydrogen-bond acceptors (Lipinski definition) is 6. The van der Waals surface area contributed by atoms with Crippen LogP contribution in [0.1, 0.15) is 30.1 Å². The van der Waals surface area contributed by atoms with Crippen LogP contribution in [-0.2, 0) is 14.3 Å². The summed E-state index contributed by atoms with van der Waals surface area (Å²) in [5.41, 5.74) is 0.950. The van der Waals surface area contributed by atoms with Crippen LogP contribution < -0.4 is 14.8 Å². The van der Waals surface area contributed by atoms with Gasteiger partial charge in [-0.25, -0.2) is 4.79 Å². The van der Waals surface area contributed by atoms with E-state index in [1.807, 2.05) is 6.92 Å². The summed E-state index contributed by atoms with van der Waals surface area (Å²) in [5, 5.41) is 2.67. The normalized spacial score (nSPS) is 15.6. The minimum atomic E-state index is -0.572. The first kappa shape index (κ1) is 20.7. The van der Waals surface area contributed by atoms with E-state index in [2.05, 4.69) is 5.32 Å². The number of carbonyl (C=O) groups excluding carboxylic acids is 2. The number of amides is 1. The lowest BCUT2D eigenvalue weighted by Crippen LogP contribution is -2.21. The van der Waals surface area contributed by atoms with E-state index in [0.29, 0.717) is 30.2 Å². The molecule has 1 aliphatic heterocycles. The molecule has 7 nitrogen and oxygen atoms in total. The molecule has 0 radical (unpaired) electrons. The maximum absolute atomic E-state index is 12.1. The molecular weight excluding hydrogens is 374 g/mol. The fourth-order valence-electron chi connectivity index (χ4n) is 2.86. The minimum absolute atomic E-state index is 0.133. The number of esters is 1. The van der Waals surface area contributed by atoms with Gasteiger partial charge in [-0.2, -0.15) is 0 Å². The first-order chi connectivity index (χ1) is 14.1. The van der Waals surface area contributed by atoms with E-state index >= 15 is 0 Å². The van der Waals surface area contributed by atoms with Gasteiger partial charge >= 0.3 is 5.97 Å². The highest BCUT2D eigenvalue weighted by Gasteiger charge is 2.16. The molecular formula is C22H25NO6. The minimum Gasteiger partial charge on any atom is -0.494 e. The lowest BCUT2D eigenvalue weighted by Gasteiger charge is -2.11. The molecule has 154 valence electrons. The summed E-state index contributed by atoms with van der Waals surface area (Å²) in [6.07, 6.45) is 2.20. The Balaban J connectivity index is 1.41. The molecule has 0 aliphatic carbocycles. The van der Waals surface area contributed by atoms with E-state index in [1.54, 1.807) is 48.5 Å². The monoisotopic (exact) mass is 399 g/mol. The van der Waals surface area contributed by atoms with Crippen molar-refractivity contribution >= 4 is 17.6 Å². The molecule has 0 unspecified atom stereocenters. The fourth-order valence-corrected chi connectivity index (χ4v) is 2.86. The third-order valence-electron chi connectivity index (χ3n) is 4.33. The van der Waals surface area contributed by atoms with Crippen molar-refractivity contribution in [3.05, 3.63) is 54.1 Å². The zero-order chi connectivity index (χ0) is 20.5. The third-order valence-corrected chi connectivity index (χ3v) is 4.33. The fraction of sp³-hybridized carbons (Fsp3) is 0.364. The van der Waals surface area contributed by atoms with Crippen molar-refractivity contribution in [1.82, 2.24) is 0 Å². The molecule has 1 amide bonds. The average molecular weight is 399 g/mol. The smallest absolute Gasteiger partial charge is 0.338 e. The molecule has 0 bridgehead atoms. The summed E-state index contributed by atoms with van der Waals surface area (Å²) in [6, 6.07) is 13.6. The molecule has 3 rings (SSSR count). The van der Waals surface area contributed by atoms with Crippen LogP contribution >= 0.6 is 0 Å². The molecule has 2 aromatic carbocycles. The van der Waals surface area contributed by atoms with Crippen LogP contribution in [0.3, 0.4) is 0 Å². The van der Waals surface area contributed by atoms with Crippen molar-refractivity contribution in [2.45, 2.75) is 25.9 Å². The predicted octanol–water partition coefficient (Wildman–Crippen LogP) is 3.44. The highest BCUT2D eigenvalue weighted by atomic mass is 16.5. The van der Waals surface area contributed by atoms with E-state index in [-0.39, 0.29) is 12.7 Å². The molecule has 0 aromatic heterocycles. The van der Waals surface area contributed by atoms with Crippen LogP contribution in [0.2, 0.25) is 0 Å². The number of carbonyl (C=O) groups is 2. The van der Waals surface area contributed by atoms with Gasteiger partial charge in [-0.15, -0.1) is 0 Å². The number of nitrogens with one attached hydrogen (secondary N) is 1. The number of anilines is 1. The first-order valence-corrected chi connectivity index (χ1v) is 9.68. The Morgan fingerprint density at radius 3 is 2.38 bits per heavy atom. The topological polar surface area (TPSA) is 83.1 Å². The summed E-state index contributed by atoms with van der Waals surface area (Å²) in [5.74, 6) is 0.391. The highest BCUT2D eigenvalue weighted by Crippen LogP contribution is 2.17. The molecule has 1 fully saturated rings. The summed E-state index contributed by atoms with van der Waals surface area (Å²) in [4.78, 5) is 24.1. The zero-order valence-electron chi connectivity index (χ0n) is 16.4. The van der Waals surface area contributed by atoms with Crippen LogP contribution in [0.25, 0.3) is 0 Å². The summed E-state index contributed by atoms with van der Waals surface area (Å²) >= 11 is 0. The second-order valence-electron chi connectivity index (χ2n) is 6.55. The van der Waals surface area contributed by atoms with Crippen molar-refractivity contribution in [2.24, 2.45) is 0 Å². The van der Waals surface area contributed by atoms with Crippen LogP contribution in [0.15, 0.2) is 48.5 Å². The van der Waals surface area contributed by atoms with Gasteiger partial charge in [-0.1, -0.05) is 0 Å². The third kappa shape index (κ3) is 6.50. The summed E-state index contributed by atoms with van der Waals surface area (Å²) in [6.45, 7) is 3.38. The quantitative estimate of drug-likeness (QED) is 0.651. The van der Waals surface area contributed by atoms with Crippen molar-refractivity contribution in [2.75, 3.05) is 31.7 Å². The number of ether oxygens (including phenoxy) is 4. The van der Waals surface area contributed by atoms with E-state index in [9.17, 15) is 9.59 Å². The molecule has 1 N–H and O–H groups in total. The Bertz CT molecular complexity index is 797. The largest absolute Gasteiger partial charge is 0.494 e. The second kappa shape index (κ2) is 10.5. The maximum atomic E-state index is 12.1. The SMILES string of the molecule is CCOc1ccc(NC(=O)COC(=O)c2ccc(OC[C@H]3CCCO3)cc2)cc1. The maximum Gasteiger partial charge on any atom is 0.338 e. The van der Waals surface area contributed by atoms with Crippen molar-refractivity contribution < 1.29 is 28.5 Å². The Labute approximate surface area is 169 Å². The molecule has 29 heavy (non-hydrogen) atoms. The summed E-state index contributed by atoms with van der Waals surface area (Å²) < 4.78 is 21.6. The van der Waals surface area contributed by atoms with Gasteiger partial charge in [0.2, 0.25) is 0 Å². The van der Waals surface area contributed by atoms with Crippen molar-refractivity contribution in [1.29, 1.82) is 0 Å². The van der Waals surface area contributed by atoms with Crippen molar-refractivity contribution in [3.8, 4) is 11.5 Å². The molecule has 7 heteroatoms. The Kier molecular flexibility index (Phi) is 7.47. The second-order valence-corrected chi connectivity index (χ2v) is 6.55. The Morgan fingerprint density at radius 1 is 1.03 bits per heavy atom. The van der Waals surface area contributed by atoms with Gasteiger partial charge in [-0.3, -0.25) is 4.79 Å². The van der Waals surface area contributed by atoms with Gasteiger partial charge in [0.1, 0.15) is 18.1 Å². The molecule has 1 aliphatic rings. The van der Waals surface area contributed by atoms with Crippen LogP contribution in [0, 0.1) is 0 Å². The van der Waals surface area contributed by atoms with Crippen LogP contribution in [0.5, 0.6) is 11.5 Å². The van der Waals surface area contributed by atoms with Crippen molar-refractivity contribution in [3.63, 3.8) is 0 Å². The van der Waals surface area contributed by atoms with Gasteiger partial charge in [0.15, 0.2) is 6.61 Å². The average Bonchev–Trinajstić information content (AvgIpc) is 3.26. The molecule has 2 aromatic rings. The van der Waals surface area contributed by atoms with Crippen LogP contribution in [-0.4, -0.2) is 44.4 Å². The number of rotatable bonds is 9. The molecule has 1 heterocycles. The standard InChI is InChI=1S/C22H25NO6/c1-2-26-18-11-7-17(8-12-18)23-21(24)15-29-22(25)16-5-9-19(10-6-16)28-14-20-4-3-13-27-20/h5-12,20H,2-4,13-15H2,1H3,(H,23,24)/t20-/m1/s1. The lowest BCUT2D eigenvalue weighted by atomic mass is 10.2. The lowest BCUT2D eigenvalue weighted by molar-refractivity contribution is -0.119. The van der Waals surface area contributed by atoms with E-state index in [4.69, 9.17) is 18.9 Å². The van der Waals surface area contributed by atoms with Gasteiger partial charge in [0.25, 0.3) is 5.91 Å². The summed E-state index contributed by atoms with van der Waals surface area (Å²) in [7, 11) is 0. The van der Waals surface area contributed by atoms with Crippen LogP contribution in [0.4, 0.5) is 5.69 Å². The van der Waals surface area contributed by atoms with E-state index in [1.165, 1.54) is 0 Å². The Morgan fingerprint density at radius 2 is 1.72 bits per heavy atom. The molecule has 0 spiro atoms. The van der Waals surface area contributed by atoms with Gasteiger partial charge in [0.05, 0.1) is 18.3 Å². The van der Waals surface area contributed by atoms with E-state index in [0.717, 1.165) is 25.2 Å². The number of hydrogen-bond donors (Lipinski definition) is 1. The first-order valence-electron chi connectivity index (χ1n) is 9.68. The Hall–Kier alpha value is -3.06. The highest BCUT2D eigenvalue weighted by molar-refractivity contribution is 5.95. The number of benzene rings is 2. The molecule has 1 saturated heterocycles. The molecule has 0 saturated carbocycles. The zero-order valence-corrected chi connectivity index (χ0v) is 16.4. The van der Waals surface area contributed by atoms with Gasteiger partial charge < -0.3 is 24.3 Å². The predicted molar refractivity (Wildman–Crippen MR) is 107 cm³/mol. The van der Waals surface area contributed by atoms with Gasteiger partial charge in [0, 0.05) is 12.3 Å². The molecule has 1 atom stereocenters. The van der Waals surface area contributed by atoms with Gasteiger partial charge in [-0.05, 0) is 68.3 Å².